The van der Waals surface area contributed by atoms with E-state index in [0.717, 1.165) is 24.3 Å². The molecule has 0 saturated heterocycles. The summed E-state index contributed by atoms with van der Waals surface area (Å²) in [5.74, 6) is 1.06. The van der Waals surface area contributed by atoms with Crippen molar-refractivity contribution in [3.8, 4) is 5.75 Å². The van der Waals surface area contributed by atoms with Gasteiger partial charge in [-0.2, -0.15) is 8.78 Å². The molecule has 0 saturated carbocycles. The van der Waals surface area contributed by atoms with Crippen LogP contribution in [-0.4, -0.2) is 19.8 Å². The maximum absolute atomic E-state index is 12.1. The van der Waals surface area contributed by atoms with Crippen molar-refractivity contribution in [2.45, 2.75) is 26.0 Å². The lowest BCUT2D eigenvalue weighted by Crippen LogP contribution is -2.23. The Balaban J connectivity index is 2.13. The van der Waals surface area contributed by atoms with Crippen molar-refractivity contribution in [3.63, 3.8) is 0 Å². The highest BCUT2D eigenvalue weighted by Gasteiger charge is 2.20. The monoisotopic (exact) mass is 269 g/mol. The Kier molecular flexibility index (Phi) is 4.74. The molecule has 0 amide bonds. The van der Waals surface area contributed by atoms with Crippen LogP contribution in [0.15, 0.2) is 36.1 Å². The lowest BCUT2D eigenvalue weighted by atomic mass is 10.0. The molecular weight excluding hydrogens is 252 g/mol. The van der Waals surface area contributed by atoms with Crippen molar-refractivity contribution >= 4 is 0 Å². The van der Waals surface area contributed by atoms with E-state index in [2.05, 4.69) is 16.1 Å². The molecule has 1 heterocycles. The number of likely N-dealkylation sites (N-methyl/N-ethyl adjacent to an activating group) is 1. The molecule has 0 aromatic heterocycles. The van der Waals surface area contributed by atoms with Gasteiger partial charge in [-0.1, -0.05) is 19.1 Å². The second-order valence-corrected chi connectivity index (χ2v) is 4.18. The van der Waals surface area contributed by atoms with E-state index in [1.807, 2.05) is 6.92 Å². The van der Waals surface area contributed by atoms with Gasteiger partial charge >= 0.3 is 6.61 Å². The summed E-state index contributed by atoms with van der Waals surface area (Å²) >= 11 is 0. The first-order valence-corrected chi connectivity index (χ1v) is 6.31. The number of rotatable bonds is 6. The van der Waals surface area contributed by atoms with Crippen LogP contribution in [0.5, 0.6) is 5.75 Å². The molecule has 0 radical (unpaired) electrons. The second kappa shape index (κ2) is 6.52. The van der Waals surface area contributed by atoms with E-state index < -0.39 is 6.61 Å². The molecular formula is C14H17F2NO2. The topological polar surface area (TPSA) is 30.5 Å². The van der Waals surface area contributed by atoms with Gasteiger partial charge in [-0.25, -0.2) is 0 Å². The highest BCUT2D eigenvalue weighted by atomic mass is 19.3. The fourth-order valence-corrected chi connectivity index (χ4v) is 2.07. The molecule has 1 aliphatic rings. The molecule has 0 bridgehead atoms. The summed E-state index contributed by atoms with van der Waals surface area (Å²) < 4.78 is 34.1. The predicted octanol–water partition coefficient (Wildman–Crippen LogP) is 3.24. The lowest BCUT2D eigenvalue weighted by molar-refractivity contribution is -0.0498. The molecule has 0 fully saturated rings. The zero-order chi connectivity index (χ0) is 13.7. The lowest BCUT2D eigenvalue weighted by Gasteiger charge is -2.19. The summed E-state index contributed by atoms with van der Waals surface area (Å²) in [6, 6.07) is 6.59. The highest BCUT2D eigenvalue weighted by Crippen LogP contribution is 2.28. The second-order valence-electron chi connectivity index (χ2n) is 4.18. The van der Waals surface area contributed by atoms with Gasteiger partial charge in [-0.3, -0.25) is 0 Å². The summed E-state index contributed by atoms with van der Waals surface area (Å²) in [7, 11) is 0. The summed E-state index contributed by atoms with van der Waals surface area (Å²) in [6.07, 6.45) is 2.96. The van der Waals surface area contributed by atoms with Crippen LogP contribution < -0.4 is 10.1 Å². The zero-order valence-corrected chi connectivity index (χ0v) is 10.7. The molecule has 3 nitrogen and oxygen atoms in total. The minimum Gasteiger partial charge on any atom is -0.496 e. The first-order chi connectivity index (χ1) is 9.20. The van der Waals surface area contributed by atoms with Crippen LogP contribution in [0.4, 0.5) is 8.78 Å². The van der Waals surface area contributed by atoms with E-state index in [9.17, 15) is 8.78 Å². The highest BCUT2D eigenvalue weighted by molar-refractivity contribution is 5.32. The number of nitrogens with one attached hydrogen (secondary N) is 1. The maximum Gasteiger partial charge on any atom is 0.387 e. The van der Waals surface area contributed by atoms with Gasteiger partial charge < -0.3 is 14.8 Å². The number of alkyl halides is 2. The number of ether oxygens (including phenoxy) is 2. The van der Waals surface area contributed by atoms with Crippen LogP contribution in [-0.2, 0) is 4.74 Å². The third-order valence-corrected chi connectivity index (χ3v) is 2.86. The number of halogens is 2. The fraction of sp³-hybridized carbons (Fsp3) is 0.429. The van der Waals surface area contributed by atoms with Gasteiger partial charge in [-0.15, -0.1) is 0 Å². The quantitative estimate of drug-likeness (QED) is 0.860. The third kappa shape index (κ3) is 3.67. The molecule has 19 heavy (non-hydrogen) atoms. The van der Waals surface area contributed by atoms with Crippen LogP contribution in [0.2, 0.25) is 0 Å². The molecule has 1 atom stereocenters. The predicted molar refractivity (Wildman–Crippen MR) is 68.1 cm³/mol. The van der Waals surface area contributed by atoms with Crippen molar-refractivity contribution in [1.82, 2.24) is 5.32 Å². The average molecular weight is 269 g/mol. The molecule has 1 unspecified atom stereocenters. The summed E-state index contributed by atoms with van der Waals surface area (Å²) in [6.45, 7) is 0.706. The smallest absolute Gasteiger partial charge is 0.387 e. The minimum absolute atomic E-state index is 0.0342. The van der Waals surface area contributed by atoms with Gasteiger partial charge in [0.15, 0.2) is 0 Å². The fourth-order valence-electron chi connectivity index (χ4n) is 2.07. The van der Waals surface area contributed by atoms with Crippen molar-refractivity contribution in [2.24, 2.45) is 0 Å². The summed E-state index contributed by atoms with van der Waals surface area (Å²) in [4.78, 5) is 0. The van der Waals surface area contributed by atoms with E-state index in [4.69, 9.17) is 4.74 Å². The van der Waals surface area contributed by atoms with Crippen molar-refractivity contribution < 1.29 is 18.3 Å². The van der Waals surface area contributed by atoms with Gasteiger partial charge in [0.05, 0.1) is 12.6 Å². The van der Waals surface area contributed by atoms with Crippen LogP contribution in [0.1, 0.15) is 24.9 Å². The van der Waals surface area contributed by atoms with Gasteiger partial charge in [0.2, 0.25) is 0 Å². The van der Waals surface area contributed by atoms with Crippen molar-refractivity contribution in [2.75, 3.05) is 13.2 Å². The Labute approximate surface area is 111 Å². The summed E-state index contributed by atoms with van der Waals surface area (Å²) in [5, 5.41) is 3.32. The Morgan fingerprint density at radius 2 is 2.05 bits per heavy atom. The maximum atomic E-state index is 12.1. The van der Waals surface area contributed by atoms with Gasteiger partial charge in [-0.05, 0) is 30.3 Å². The molecule has 0 spiro atoms. The van der Waals surface area contributed by atoms with Crippen LogP contribution in [0.3, 0.4) is 0 Å². The van der Waals surface area contributed by atoms with Crippen molar-refractivity contribution in [3.05, 3.63) is 41.7 Å². The third-order valence-electron chi connectivity index (χ3n) is 2.86. The van der Waals surface area contributed by atoms with Crippen LogP contribution in [0, 0.1) is 0 Å². The van der Waals surface area contributed by atoms with E-state index >= 15 is 0 Å². The molecule has 0 aliphatic carbocycles. The standard InChI is InChI=1S/C14H17F2NO2/c1-2-17-13(12-4-3-9-18-12)10-5-7-11(8-6-10)19-14(15)16/h4-8,13-14,17H,2-3,9H2,1H3. The SMILES string of the molecule is CCNC(C1=CCCO1)c1ccc(OC(F)F)cc1. The molecule has 104 valence electrons. The van der Waals surface area contributed by atoms with Gasteiger partial charge in [0.25, 0.3) is 0 Å². The van der Waals surface area contributed by atoms with E-state index in [-0.39, 0.29) is 11.8 Å². The first-order valence-electron chi connectivity index (χ1n) is 6.31. The van der Waals surface area contributed by atoms with E-state index in [1.165, 1.54) is 0 Å². The molecule has 1 aromatic rings. The normalized spacial score (nSPS) is 16.1. The Bertz CT molecular complexity index is 432. The number of hydrogen-bond acceptors (Lipinski definition) is 3. The first kappa shape index (κ1) is 13.8. The van der Waals surface area contributed by atoms with Crippen molar-refractivity contribution in [1.29, 1.82) is 0 Å². The Morgan fingerprint density at radius 1 is 1.32 bits per heavy atom. The Morgan fingerprint density at radius 3 is 2.58 bits per heavy atom. The molecule has 2 rings (SSSR count). The van der Waals surface area contributed by atoms with E-state index in [1.54, 1.807) is 24.3 Å². The molecule has 1 N–H and O–H groups in total. The zero-order valence-electron chi connectivity index (χ0n) is 10.7. The number of hydrogen-bond donors (Lipinski definition) is 1. The summed E-state index contributed by atoms with van der Waals surface area (Å²) in [5.41, 5.74) is 0.969. The van der Waals surface area contributed by atoms with E-state index in [0.29, 0.717) is 6.61 Å². The van der Waals surface area contributed by atoms with Crippen LogP contribution in [0.25, 0.3) is 0 Å². The molecule has 1 aromatic carbocycles. The van der Waals surface area contributed by atoms with Gasteiger partial charge in [0.1, 0.15) is 11.5 Å². The average Bonchev–Trinajstić information content (AvgIpc) is 2.90. The minimum atomic E-state index is -2.80. The number of benzene rings is 1. The van der Waals surface area contributed by atoms with Gasteiger partial charge in [0, 0.05) is 6.42 Å². The largest absolute Gasteiger partial charge is 0.496 e. The molecule has 5 heteroatoms. The molecule has 1 aliphatic heterocycles. The van der Waals surface area contributed by atoms with Crippen LogP contribution >= 0.6 is 0 Å². The Hall–Kier alpha value is -1.62.